The molecule has 25 heavy (non-hydrogen) atoms. The van der Waals surface area contributed by atoms with Crippen LogP contribution in [0.15, 0.2) is 91.0 Å². The Morgan fingerprint density at radius 1 is 0.800 bits per heavy atom. The lowest BCUT2D eigenvalue weighted by molar-refractivity contribution is -0.113. The number of nitrogens with zero attached hydrogens (tertiary/aromatic N) is 1. The molecule has 0 aliphatic carbocycles. The second kappa shape index (κ2) is 7.97. The Labute approximate surface area is 147 Å². The molecule has 3 nitrogen and oxygen atoms in total. The molecule has 0 atom stereocenters. The fourth-order valence-corrected chi connectivity index (χ4v) is 2.51. The number of hydrogen-bond donors (Lipinski definition) is 0. The van der Waals surface area contributed by atoms with Crippen molar-refractivity contribution in [2.45, 2.75) is 0 Å². The van der Waals surface area contributed by atoms with E-state index in [1.165, 1.54) is 0 Å². The molecule has 0 unspecified atom stereocenters. The predicted octanol–water partition coefficient (Wildman–Crippen LogP) is 5.07. The Hall–Kier alpha value is -3.33. The van der Waals surface area contributed by atoms with Gasteiger partial charge in [-0.15, -0.1) is 0 Å². The van der Waals surface area contributed by atoms with E-state index in [0.717, 1.165) is 22.7 Å². The third kappa shape index (κ3) is 4.15. The highest BCUT2D eigenvalue weighted by molar-refractivity contribution is 6.08. The fourth-order valence-electron chi connectivity index (χ4n) is 2.51. The zero-order valence-electron chi connectivity index (χ0n) is 14.0. The van der Waals surface area contributed by atoms with Crippen LogP contribution in [0.25, 0.3) is 6.08 Å². The van der Waals surface area contributed by atoms with Gasteiger partial charge in [0.25, 0.3) is 5.91 Å². The number of hydrogen-bond acceptors (Lipinski definition) is 2. The number of amides is 1. The minimum atomic E-state index is -0.104. The van der Waals surface area contributed by atoms with Gasteiger partial charge in [-0.05, 0) is 48.0 Å². The minimum absolute atomic E-state index is 0.104. The molecular formula is C22H19NO2. The van der Waals surface area contributed by atoms with Crippen molar-refractivity contribution in [2.75, 3.05) is 12.0 Å². The van der Waals surface area contributed by atoms with Crippen LogP contribution in [0.4, 0.5) is 11.4 Å². The van der Waals surface area contributed by atoms with Crippen molar-refractivity contribution in [2.24, 2.45) is 0 Å². The third-order valence-corrected chi connectivity index (χ3v) is 3.78. The lowest BCUT2D eigenvalue weighted by Gasteiger charge is -2.21. The number of carbonyl (C=O) groups excluding carboxylic acids is 1. The molecule has 3 rings (SSSR count). The molecule has 0 bridgehead atoms. The Kier molecular flexibility index (Phi) is 5.27. The zero-order chi connectivity index (χ0) is 17.5. The molecule has 0 radical (unpaired) electrons. The van der Waals surface area contributed by atoms with E-state index in [1.807, 2.05) is 84.9 Å². The molecule has 0 saturated heterocycles. The molecule has 0 fully saturated rings. The lowest BCUT2D eigenvalue weighted by atomic mass is 10.2. The van der Waals surface area contributed by atoms with E-state index in [0.29, 0.717) is 0 Å². The van der Waals surface area contributed by atoms with Crippen molar-refractivity contribution < 1.29 is 9.53 Å². The quantitative estimate of drug-likeness (QED) is 0.611. The van der Waals surface area contributed by atoms with Crippen LogP contribution < -0.4 is 9.64 Å². The van der Waals surface area contributed by atoms with Gasteiger partial charge in [0.15, 0.2) is 0 Å². The first kappa shape index (κ1) is 16.5. The van der Waals surface area contributed by atoms with Crippen LogP contribution in [-0.2, 0) is 4.79 Å². The number of para-hydroxylation sites is 2. The topological polar surface area (TPSA) is 29.5 Å². The van der Waals surface area contributed by atoms with E-state index in [9.17, 15) is 4.79 Å². The maximum atomic E-state index is 12.9. The first-order valence-electron chi connectivity index (χ1n) is 8.04. The van der Waals surface area contributed by atoms with Crippen LogP contribution in [0, 0.1) is 0 Å². The molecule has 0 saturated carbocycles. The molecule has 3 aromatic rings. The van der Waals surface area contributed by atoms with E-state index in [4.69, 9.17) is 4.74 Å². The maximum Gasteiger partial charge on any atom is 0.255 e. The van der Waals surface area contributed by atoms with Crippen LogP contribution in [0.2, 0.25) is 0 Å². The summed E-state index contributed by atoms with van der Waals surface area (Å²) in [5.74, 6) is 0.687. The highest BCUT2D eigenvalue weighted by Crippen LogP contribution is 2.25. The Morgan fingerprint density at radius 2 is 1.32 bits per heavy atom. The normalized spacial score (nSPS) is 10.6. The van der Waals surface area contributed by atoms with Crippen molar-refractivity contribution in [1.29, 1.82) is 0 Å². The maximum absolute atomic E-state index is 12.9. The van der Waals surface area contributed by atoms with Gasteiger partial charge in [-0.3, -0.25) is 9.69 Å². The lowest BCUT2D eigenvalue weighted by Crippen LogP contribution is -2.23. The third-order valence-electron chi connectivity index (χ3n) is 3.78. The molecule has 0 aliphatic heterocycles. The second-order valence-corrected chi connectivity index (χ2v) is 5.45. The van der Waals surface area contributed by atoms with E-state index in [2.05, 4.69) is 0 Å². The number of anilines is 2. The predicted molar refractivity (Wildman–Crippen MR) is 102 cm³/mol. The summed E-state index contributed by atoms with van der Waals surface area (Å²) in [4.78, 5) is 14.5. The molecule has 0 heterocycles. The Morgan fingerprint density at radius 3 is 1.80 bits per heavy atom. The van der Waals surface area contributed by atoms with Crippen LogP contribution in [0.3, 0.4) is 0 Å². The van der Waals surface area contributed by atoms with Gasteiger partial charge in [0.1, 0.15) is 5.75 Å². The molecule has 1 amide bonds. The van der Waals surface area contributed by atoms with E-state index >= 15 is 0 Å². The van der Waals surface area contributed by atoms with Gasteiger partial charge in [-0.25, -0.2) is 0 Å². The summed E-state index contributed by atoms with van der Waals surface area (Å²) in [6.07, 6.45) is 3.39. The van der Waals surface area contributed by atoms with Gasteiger partial charge >= 0.3 is 0 Å². The van der Waals surface area contributed by atoms with Crippen molar-refractivity contribution in [3.05, 3.63) is 96.6 Å². The first-order chi connectivity index (χ1) is 12.3. The largest absolute Gasteiger partial charge is 0.497 e. The number of rotatable bonds is 5. The number of carbonyl (C=O) groups is 1. The van der Waals surface area contributed by atoms with Crippen molar-refractivity contribution in [3.8, 4) is 5.75 Å². The standard InChI is InChI=1S/C22H19NO2/c1-25-21-15-12-18(13-16-21)14-17-22(24)23(19-8-4-2-5-9-19)20-10-6-3-7-11-20/h2-17H,1H3. The minimum Gasteiger partial charge on any atom is -0.497 e. The molecular weight excluding hydrogens is 310 g/mol. The van der Waals surface area contributed by atoms with E-state index < -0.39 is 0 Å². The van der Waals surface area contributed by atoms with Crippen LogP contribution in [0.1, 0.15) is 5.56 Å². The summed E-state index contributed by atoms with van der Waals surface area (Å²) in [6, 6.07) is 26.8. The number of ether oxygens (including phenoxy) is 1. The summed E-state index contributed by atoms with van der Waals surface area (Å²) in [5, 5.41) is 0. The summed E-state index contributed by atoms with van der Waals surface area (Å²) in [5.41, 5.74) is 2.60. The van der Waals surface area contributed by atoms with Crippen LogP contribution >= 0.6 is 0 Å². The average molecular weight is 329 g/mol. The van der Waals surface area contributed by atoms with Gasteiger partial charge in [0, 0.05) is 17.5 Å². The van der Waals surface area contributed by atoms with Gasteiger partial charge in [-0.2, -0.15) is 0 Å². The van der Waals surface area contributed by atoms with Gasteiger partial charge in [0.05, 0.1) is 7.11 Å². The summed E-state index contributed by atoms with van der Waals surface area (Å²) in [6.45, 7) is 0. The highest BCUT2D eigenvalue weighted by atomic mass is 16.5. The van der Waals surface area contributed by atoms with Crippen molar-refractivity contribution in [3.63, 3.8) is 0 Å². The number of benzene rings is 3. The van der Waals surface area contributed by atoms with Crippen LogP contribution in [-0.4, -0.2) is 13.0 Å². The SMILES string of the molecule is COc1ccc(C=CC(=O)N(c2ccccc2)c2ccccc2)cc1. The first-order valence-corrected chi connectivity index (χ1v) is 8.04. The zero-order valence-corrected chi connectivity index (χ0v) is 14.0. The van der Waals surface area contributed by atoms with Gasteiger partial charge < -0.3 is 4.74 Å². The molecule has 0 aliphatic rings. The fraction of sp³-hybridized carbons (Fsp3) is 0.0455. The highest BCUT2D eigenvalue weighted by Gasteiger charge is 2.14. The summed E-state index contributed by atoms with van der Waals surface area (Å²) in [7, 11) is 1.63. The second-order valence-electron chi connectivity index (χ2n) is 5.45. The number of methoxy groups -OCH3 is 1. The molecule has 3 heteroatoms. The smallest absolute Gasteiger partial charge is 0.255 e. The summed E-state index contributed by atoms with van der Waals surface area (Å²) < 4.78 is 5.15. The monoisotopic (exact) mass is 329 g/mol. The molecule has 124 valence electrons. The van der Waals surface area contributed by atoms with Crippen LogP contribution in [0.5, 0.6) is 5.75 Å². The van der Waals surface area contributed by atoms with Crippen molar-refractivity contribution >= 4 is 23.4 Å². The van der Waals surface area contributed by atoms with E-state index in [-0.39, 0.29) is 5.91 Å². The average Bonchev–Trinajstić information content (AvgIpc) is 2.69. The van der Waals surface area contributed by atoms with E-state index in [1.54, 1.807) is 24.2 Å². The Balaban J connectivity index is 1.88. The summed E-state index contributed by atoms with van der Waals surface area (Å²) >= 11 is 0. The molecule has 3 aromatic carbocycles. The Bertz CT molecular complexity index is 801. The molecule has 0 aromatic heterocycles. The molecule has 0 N–H and O–H groups in total. The molecule has 0 spiro atoms. The van der Waals surface area contributed by atoms with Crippen molar-refractivity contribution in [1.82, 2.24) is 0 Å². The van der Waals surface area contributed by atoms with Gasteiger partial charge in [-0.1, -0.05) is 48.5 Å². The van der Waals surface area contributed by atoms with Gasteiger partial charge in [0.2, 0.25) is 0 Å².